The van der Waals surface area contributed by atoms with E-state index in [4.69, 9.17) is 5.73 Å². The van der Waals surface area contributed by atoms with E-state index in [9.17, 15) is 0 Å². The van der Waals surface area contributed by atoms with E-state index < -0.39 is 0 Å². The third-order valence-electron chi connectivity index (χ3n) is 3.62. The molecule has 0 aliphatic rings. The fourth-order valence-corrected chi connectivity index (χ4v) is 1.74. The summed E-state index contributed by atoms with van der Waals surface area (Å²) in [6, 6.07) is 0. The summed E-state index contributed by atoms with van der Waals surface area (Å²) in [4.78, 5) is 2.35. The first-order valence-corrected chi connectivity index (χ1v) is 5.90. The molecule has 0 saturated heterocycles. The Hall–Kier alpha value is -0.870. The molecule has 1 aromatic rings. The Morgan fingerprint density at radius 1 is 1.56 bits per heavy atom. The second-order valence-corrected chi connectivity index (χ2v) is 4.75. The molecule has 16 heavy (non-hydrogen) atoms. The van der Waals surface area contributed by atoms with Crippen LogP contribution in [-0.4, -0.2) is 40.4 Å². The largest absolute Gasteiger partial charge is 0.329 e. The first-order chi connectivity index (χ1) is 7.51. The smallest absolute Gasteiger partial charge is 0.0522 e. The maximum Gasteiger partial charge on any atom is 0.0522 e. The van der Waals surface area contributed by atoms with Gasteiger partial charge in [0.15, 0.2) is 0 Å². The van der Waals surface area contributed by atoms with Crippen LogP contribution >= 0.6 is 0 Å². The number of nitrogens with two attached hydrogens (primary N) is 1. The number of likely N-dealkylation sites (N-methyl/N-ethyl adjacent to an activating group) is 1. The average molecular weight is 224 g/mol. The molecule has 0 radical (unpaired) electrons. The maximum absolute atomic E-state index is 5.83. The molecule has 0 bridgehead atoms. The second kappa shape index (κ2) is 5.46. The Morgan fingerprint density at radius 2 is 2.25 bits per heavy atom. The monoisotopic (exact) mass is 224 g/mol. The predicted molar refractivity (Wildman–Crippen MR) is 67.3 cm³/mol. The van der Waals surface area contributed by atoms with Gasteiger partial charge in [-0.3, -0.25) is 9.58 Å². The first kappa shape index (κ1) is 13.2. The lowest BCUT2D eigenvalue weighted by Gasteiger charge is -2.37. The lowest BCUT2D eigenvalue weighted by atomic mass is 9.97. The Labute approximate surface area is 98.4 Å². The van der Waals surface area contributed by atoms with E-state index in [-0.39, 0.29) is 5.54 Å². The highest BCUT2D eigenvalue weighted by Gasteiger charge is 2.24. The van der Waals surface area contributed by atoms with Crippen LogP contribution in [0.2, 0.25) is 0 Å². The van der Waals surface area contributed by atoms with Crippen LogP contribution in [0.4, 0.5) is 0 Å². The van der Waals surface area contributed by atoms with Crippen molar-refractivity contribution in [2.45, 2.75) is 32.2 Å². The van der Waals surface area contributed by atoms with E-state index in [0.29, 0.717) is 6.54 Å². The van der Waals surface area contributed by atoms with Crippen molar-refractivity contribution < 1.29 is 0 Å². The van der Waals surface area contributed by atoms with Gasteiger partial charge in [-0.25, -0.2) is 0 Å². The van der Waals surface area contributed by atoms with Gasteiger partial charge in [0.1, 0.15) is 0 Å². The minimum Gasteiger partial charge on any atom is -0.329 e. The zero-order valence-corrected chi connectivity index (χ0v) is 10.9. The zero-order chi connectivity index (χ0) is 12.2. The van der Waals surface area contributed by atoms with Crippen molar-refractivity contribution in [2.75, 3.05) is 20.1 Å². The number of aromatic nitrogens is 2. The molecule has 0 fully saturated rings. The summed E-state index contributed by atoms with van der Waals surface area (Å²) in [6.07, 6.45) is 6.10. The zero-order valence-electron chi connectivity index (χ0n) is 10.9. The van der Waals surface area contributed by atoms with E-state index in [0.717, 1.165) is 19.4 Å². The highest BCUT2D eigenvalue weighted by atomic mass is 15.2. The number of hydrogen-bond donors (Lipinski definition) is 1. The van der Waals surface area contributed by atoms with Crippen molar-refractivity contribution in [3.8, 4) is 0 Å². The molecular weight excluding hydrogens is 200 g/mol. The van der Waals surface area contributed by atoms with Crippen LogP contribution in [0.25, 0.3) is 0 Å². The molecule has 1 heterocycles. The highest BCUT2D eigenvalue weighted by Crippen LogP contribution is 2.16. The third kappa shape index (κ3) is 3.06. The Balaban J connectivity index is 2.49. The molecule has 4 nitrogen and oxygen atoms in total. The molecule has 2 N–H and O–H groups in total. The van der Waals surface area contributed by atoms with Crippen LogP contribution in [0.5, 0.6) is 0 Å². The molecule has 0 aliphatic heterocycles. The van der Waals surface area contributed by atoms with Crippen molar-refractivity contribution in [2.24, 2.45) is 12.8 Å². The van der Waals surface area contributed by atoms with Gasteiger partial charge in [0.05, 0.1) is 6.20 Å². The molecule has 0 aliphatic carbocycles. The van der Waals surface area contributed by atoms with Crippen LogP contribution in [0.3, 0.4) is 0 Å². The van der Waals surface area contributed by atoms with Crippen molar-refractivity contribution in [1.29, 1.82) is 0 Å². The van der Waals surface area contributed by atoms with Crippen LogP contribution in [0.1, 0.15) is 25.8 Å². The van der Waals surface area contributed by atoms with E-state index in [1.165, 1.54) is 5.56 Å². The summed E-state index contributed by atoms with van der Waals surface area (Å²) in [6.45, 7) is 6.13. The number of hydrogen-bond acceptors (Lipinski definition) is 3. The summed E-state index contributed by atoms with van der Waals surface area (Å²) in [7, 11) is 4.09. The minimum atomic E-state index is 0.113. The summed E-state index contributed by atoms with van der Waals surface area (Å²) in [5.41, 5.74) is 7.23. The van der Waals surface area contributed by atoms with Gasteiger partial charge in [-0.05, 0) is 32.4 Å². The van der Waals surface area contributed by atoms with Gasteiger partial charge in [-0.15, -0.1) is 0 Å². The standard InChI is InChI=1S/C12H24N4/c1-5-12(2,10-13)15(3)7-6-11-8-14-16(4)9-11/h8-9H,5-7,10,13H2,1-4H3. The number of nitrogens with zero attached hydrogens (tertiary/aromatic N) is 3. The van der Waals surface area contributed by atoms with Crippen molar-refractivity contribution in [3.63, 3.8) is 0 Å². The Bertz CT molecular complexity index is 315. The minimum absolute atomic E-state index is 0.113. The van der Waals surface area contributed by atoms with E-state index in [1.54, 1.807) is 0 Å². The summed E-state index contributed by atoms with van der Waals surface area (Å²) >= 11 is 0. The average Bonchev–Trinajstić information content (AvgIpc) is 2.70. The third-order valence-corrected chi connectivity index (χ3v) is 3.62. The molecule has 4 heteroatoms. The molecule has 92 valence electrons. The van der Waals surface area contributed by atoms with Gasteiger partial charge >= 0.3 is 0 Å². The quantitative estimate of drug-likeness (QED) is 0.785. The second-order valence-electron chi connectivity index (χ2n) is 4.75. The Kier molecular flexibility index (Phi) is 4.50. The maximum atomic E-state index is 5.83. The lowest BCUT2D eigenvalue weighted by Crippen LogP contribution is -2.49. The van der Waals surface area contributed by atoms with Crippen molar-refractivity contribution in [3.05, 3.63) is 18.0 Å². The normalized spacial score (nSPS) is 15.4. The van der Waals surface area contributed by atoms with Crippen LogP contribution in [-0.2, 0) is 13.5 Å². The molecule has 1 atom stereocenters. The summed E-state index contributed by atoms with van der Waals surface area (Å²) < 4.78 is 1.84. The summed E-state index contributed by atoms with van der Waals surface area (Å²) in [5, 5.41) is 4.17. The van der Waals surface area contributed by atoms with Gasteiger partial charge in [-0.1, -0.05) is 6.92 Å². The SMILES string of the molecule is CCC(C)(CN)N(C)CCc1cnn(C)c1. The molecule has 0 aromatic carbocycles. The van der Waals surface area contributed by atoms with Crippen LogP contribution < -0.4 is 5.73 Å². The molecule has 1 unspecified atom stereocenters. The van der Waals surface area contributed by atoms with Gasteiger partial charge in [-0.2, -0.15) is 5.10 Å². The van der Waals surface area contributed by atoms with Gasteiger partial charge in [0.2, 0.25) is 0 Å². The predicted octanol–water partition coefficient (Wildman–Crippen LogP) is 1.02. The molecule has 0 saturated carbocycles. The van der Waals surface area contributed by atoms with Gasteiger partial charge < -0.3 is 5.73 Å². The topological polar surface area (TPSA) is 47.1 Å². The fourth-order valence-electron chi connectivity index (χ4n) is 1.74. The first-order valence-electron chi connectivity index (χ1n) is 5.90. The van der Waals surface area contributed by atoms with E-state index in [2.05, 4.69) is 37.1 Å². The van der Waals surface area contributed by atoms with Gasteiger partial charge in [0.25, 0.3) is 0 Å². The Morgan fingerprint density at radius 3 is 2.69 bits per heavy atom. The van der Waals surface area contributed by atoms with Crippen LogP contribution in [0.15, 0.2) is 12.4 Å². The summed E-state index contributed by atoms with van der Waals surface area (Å²) in [5.74, 6) is 0. The number of rotatable bonds is 6. The molecule has 0 spiro atoms. The van der Waals surface area contributed by atoms with Crippen LogP contribution in [0, 0.1) is 0 Å². The number of aryl methyl sites for hydroxylation is 1. The van der Waals surface area contributed by atoms with E-state index in [1.807, 2.05) is 17.9 Å². The molecule has 1 aromatic heterocycles. The molecule has 0 amide bonds. The fraction of sp³-hybridized carbons (Fsp3) is 0.750. The molecule has 1 rings (SSSR count). The van der Waals surface area contributed by atoms with E-state index >= 15 is 0 Å². The van der Waals surface area contributed by atoms with Crippen molar-refractivity contribution in [1.82, 2.24) is 14.7 Å². The lowest BCUT2D eigenvalue weighted by molar-refractivity contribution is 0.141. The highest BCUT2D eigenvalue weighted by molar-refractivity contribution is 5.04. The van der Waals surface area contributed by atoms with Gasteiger partial charge in [0, 0.05) is 31.9 Å². The van der Waals surface area contributed by atoms with Crippen molar-refractivity contribution >= 4 is 0 Å². The molecular formula is C12H24N4.